The summed E-state index contributed by atoms with van der Waals surface area (Å²) in [4.78, 5) is 29.1. The van der Waals surface area contributed by atoms with E-state index in [1.54, 1.807) is 48.8 Å². The molecular weight excluding hydrogens is 417 g/mol. The van der Waals surface area contributed by atoms with Crippen molar-refractivity contribution in [1.82, 2.24) is 4.98 Å². The lowest BCUT2D eigenvalue weighted by Gasteiger charge is -2.08. The van der Waals surface area contributed by atoms with Crippen molar-refractivity contribution in [3.63, 3.8) is 0 Å². The normalized spacial score (nSPS) is 10.4. The molecule has 0 fully saturated rings. The van der Waals surface area contributed by atoms with Gasteiger partial charge in [0.15, 0.2) is 0 Å². The number of carbonyl (C=O) groups is 2. The van der Waals surface area contributed by atoms with Crippen molar-refractivity contribution in [1.29, 1.82) is 0 Å². The van der Waals surface area contributed by atoms with Gasteiger partial charge in [-0.2, -0.15) is 0 Å². The van der Waals surface area contributed by atoms with Gasteiger partial charge in [-0.3, -0.25) is 14.6 Å². The predicted octanol–water partition coefficient (Wildman–Crippen LogP) is 5.37. The third kappa shape index (κ3) is 5.73. The molecule has 2 amide bonds. The Morgan fingerprint density at radius 1 is 0.893 bits per heavy atom. The van der Waals surface area contributed by atoms with E-state index in [0.29, 0.717) is 22.0 Å². The molecule has 0 atom stereocenters. The molecular formula is C20H15Cl2N3O2S. The Morgan fingerprint density at radius 3 is 2.25 bits per heavy atom. The molecule has 8 heteroatoms. The fraction of sp³-hybridized carbons (Fsp3) is 0.0500. The van der Waals surface area contributed by atoms with Gasteiger partial charge in [0.1, 0.15) is 0 Å². The number of amides is 2. The highest BCUT2D eigenvalue weighted by Gasteiger charge is 2.11. The highest BCUT2D eigenvalue weighted by atomic mass is 35.5. The van der Waals surface area contributed by atoms with E-state index in [9.17, 15) is 9.59 Å². The van der Waals surface area contributed by atoms with Gasteiger partial charge in [-0.25, -0.2) is 0 Å². The Hall–Kier alpha value is -2.54. The molecule has 0 bridgehead atoms. The van der Waals surface area contributed by atoms with Crippen molar-refractivity contribution >= 4 is 58.2 Å². The van der Waals surface area contributed by atoms with Crippen LogP contribution >= 0.6 is 35.0 Å². The van der Waals surface area contributed by atoms with Crippen LogP contribution in [-0.2, 0) is 4.79 Å². The standard InChI is InChI=1S/C20H15Cl2N3O2S/c21-13-1-6-17(18(22)11-13)20(27)25-14-2-4-16(5-3-14)28-12-19(26)24-15-7-9-23-10-8-15/h1-11H,12H2,(H,25,27)(H,23,24,26). The average molecular weight is 432 g/mol. The number of nitrogens with zero attached hydrogens (tertiary/aromatic N) is 1. The van der Waals surface area contributed by atoms with Crippen LogP contribution in [0.25, 0.3) is 0 Å². The largest absolute Gasteiger partial charge is 0.325 e. The van der Waals surface area contributed by atoms with E-state index in [2.05, 4.69) is 15.6 Å². The quantitative estimate of drug-likeness (QED) is 0.514. The monoisotopic (exact) mass is 431 g/mol. The molecule has 0 saturated carbocycles. The lowest BCUT2D eigenvalue weighted by atomic mass is 10.2. The Morgan fingerprint density at radius 2 is 1.57 bits per heavy atom. The second-order valence-corrected chi connectivity index (χ2v) is 7.57. The Bertz CT molecular complexity index is 983. The first-order valence-electron chi connectivity index (χ1n) is 8.20. The first-order chi connectivity index (χ1) is 13.5. The molecule has 0 unspecified atom stereocenters. The van der Waals surface area contributed by atoms with Gasteiger partial charge < -0.3 is 10.6 Å². The molecule has 1 heterocycles. The number of benzene rings is 2. The van der Waals surface area contributed by atoms with Crippen molar-refractivity contribution < 1.29 is 9.59 Å². The van der Waals surface area contributed by atoms with Crippen LogP contribution in [0, 0.1) is 0 Å². The number of carbonyl (C=O) groups excluding carboxylic acids is 2. The highest BCUT2D eigenvalue weighted by molar-refractivity contribution is 8.00. The Balaban J connectivity index is 1.53. The molecule has 5 nitrogen and oxygen atoms in total. The smallest absolute Gasteiger partial charge is 0.257 e. The van der Waals surface area contributed by atoms with Crippen LogP contribution in [0.2, 0.25) is 10.0 Å². The van der Waals surface area contributed by atoms with Gasteiger partial charge in [-0.1, -0.05) is 23.2 Å². The van der Waals surface area contributed by atoms with E-state index in [1.165, 1.54) is 17.8 Å². The van der Waals surface area contributed by atoms with Crippen LogP contribution in [0.1, 0.15) is 10.4 Å². The molecule has 0 saturated heterocycles. The van der Waals surface area contributed by atoms with Crippen molar-refractivity contribution in [2.45, 2.75) is 4.90 Å². The summed E-state index contributed by atoms with van der Waals surface area (Å²) >= 11 is 13.3. The second kappa shape index (κ2) is 9.59. The number of thioether (sulfide) groups is 1. The number of aromatic nitrogens is 1. The summed E-state index contributed by atoms with van der Waals surface area (Å²) in [6.45, 7) is 0. The van der Waals surface area contributed by atoms with E-state index in [4.69, 9.17) is 23.2 Å². The van der Waals surface area contributed by atoms with E-state index < -0.39 is 0 Å². The molecule has 0 aliphatic carbocycles. The predicted molar refractivity (Wildman–Crippen MR) is 114 cm³/mol. The van der Waals surface area contributed by atoms with Crippen molar-refractivity contribution in [2.75, 3.05) is 16.4 Å². The maximum Gasteiger partial charge on any atom is 0.257 e. The molecule has 0 radical (unpaired) electrons. The summed E-state index contributed by atoms with van der Waals surface area (Å²) in [6, 6.07) is 15.4. The molecule has 2 N–H and O–H groups in total. The Labute approximate surface area is 176 Å². The number of anilines is 2. The summed E-state index contributed by atoms with van der Waals surface area (Å²) < 4.78 is 0. The van der Waals surface area contributed by atoms with E-state index in [0.717, 1.165) is 4.90 Å². The Kier molecular flexibility index (Phi) is 6.92. The number of nitrogens with one attached hydrogen (secondary N) is 2. The number of hydrogen-bond donors (Lipinski definition) is 2. The summed E-state index contributed by atoms with van der Waals surface area (Å²) in [5, 5.41) is 6.34. The van der Waals surface area contributed by atoms with E-state index in [1.807, 2.05) is 12.1 Å². The zero-order valence-corrected chi connectivity index (χ0v) is 16.8. The van der Waals surface area contributed by atoms with Gasteiger partial charge in [0.05, 0.1) is 16.3 Å². The van der Waals surface area contributed by atoms with Crippen LogP contribution in [0.4, 0.5) is 11.4 Å². The molecule has 2 aromatic carbocycles. The molecule has 3 rings (SSSR count). The van der Waals surface area contributed by atoms with Gasteiger partial charge in [0, 0.05) is 33.7 Å². The molecule has 28 heavy (non-hydrogen) atoms. The molecule has 0 aliphatic rings. The van der Waals surface area contributed by atoms with Gasteiger partial charge in [0.25, 0.3) is 5.91 Å². The van der Waals surface area contributed by atoms with Crippen molar-refractivity contribution in [3.8, 4) is 0 Å². The minimum atomic E-state index is -0.321. The topological polar surface area (TPSA) is 71.1 Å². The summed E-state index contributed by atoms with van der Waals surface area (Å²) in [5.74, 6) is -0.154. The van der Waals surface area contributed by atoms with Crippen LogP contribution in [0.15, 0.2) is 71.9 Å². The van der Waals surface area contributed by atoms with Gasteiger partial charge in [-0.15, -0.1) is 11.8 Å². The molecule has 0 aliphatic heterocycles. The lowest BCUT2D eigenvalue weighted by molar-refractivity contribution is -0.113. The van der Waals surface area contributed by atoms with E-state index >= 15 is 0 Å². The minimum Gasteiger partial charge on any atom is -0.325 e. The molecule has 0 spiro atoms. The molecule has 3 aromatic rings. The van der Waals surface area contributed by atoms with Crippen molar-refractivity contribution in [2.24, 2.45) is 0 Å². The van der Waals surface area contributed by atoms with Crippen LogP contribution in [0.3, 0.4) is 0 Å². The second-order valence-electron chi connectivity index (χ2n) is 5.68. The summed E-state index contributed by atoms with van der Waals surface area (Å²) in [5.41, 5.74) is 1.68. The number of rotatable bonds is 6. The number of pyridine rings is 1. The van der Waals surface area contributed by atoms with Gasteiger partial charge >= 0.3 is 0 Å². The van der Waals surface area contributed by atoms with Crippen LogP contribution in [0.5, 0.6) is 0 Å². The average Bonchev–Trinajstić information content (AvgIpc) is 2.68. The maximum atomic E-state index is 12.3. The molecule has 142 valence electrons. The minimum absolute atomic E-state index is 0.106. The maximum absolute atomic E-state index is 12.3. The molecule has 1 aromatic heterocycles. The third-order valence-electron chi connectivity index (χ3n) is 3.62. The fourth-order valence-electron chi connectivity index (χ4n) is 2.29. The van der Waals surface area contributed by atoms with E-state index in [-0.39, 0.29) is 22.6 Å². The van der Waals surface area contributed by atoms with Crippen molar-refractivity contribution in [3.05, 3.63) is 82.6 Å². The first kappa shape index (κ1) is 20.2. The lowest BCUT2D eigenvalue weighted by Crippen LogP contribution is -2.14. The van der Waals surface area contributed by atoms with Crippen LogP contribution in [-0.4, -0.2) is 22.6 Å². The SMILES string of the molecule is O=C(CSc1ccc(NC(=O)c2ccc(Cl)cc2Cl)cc1)Nc1ccncc1. The highest BCUT2D eigenvalue weighted by Crippen LogP contribution is 2.24. The van der Waals surface area contributed by atoms with Crippen LogP contribution < -0.4 is 10.6 Å². The third-order valence-corrected chi connectivity index (χ3v) is 5.18. The summed E-state index contributed by atoms with van der Waals surface area (Å²) in [7, 11) is 0. The fourth-order valence-corrected chi connectivity index (χ4v) is 3.48. The zero-order chi connectivity index (χ0) is 19.9. The summed E-state index contributed by atoms with van der Waals surface area (Å²) in [6.07, 6.45) is 3.24. The zero-order valence-electron chi connectivity index (χ0n) is 14.5. The number of hydrogen-bond acceptors (Lipinski definition) is 4. The van der Waals surface area contributed by atoms with Gasteiger partial charge in [-0.05, 0) is 54.6 Å². The van der Waals surface area contributed by atoms with Gasteiger partial charge in [0.2, 0.25) is 5.91 Å². The first-order valence-corrected chi connectivity index (χ1v) is 9.94. The number of halogens is 2.